The van der Waals surface area contributed by atoms with Crippen molar-refractivity contribution in [3.63, 3.8) is 0 Å². The normalized spacial score (nSPS) is 16.4. The molecular formula is C23H25N4O2+. The zero-order valence-electron chi connectivity index (χ0n) is 16.5. The predicted molar refractivity (Wildman–Crippen MR) is 113 cm³/mol. The summed E-state index contributed by atoms with van der Waals surface area (Å²) >= 11 is 0. The number of amides is 1. The lowest BCUT2D eigenvalue weighted by Crippen LogP contribution is -3.10. The molecule has 4 rings (SSSR count). The molecule has 2 N–H and O–H groups in total. The standard InChI is InChI=1S/C23H24N4O2/c1-27-14-11-20(12-15-27)25-26-23(28)19-9-7-17(8-10-19)16-29-21-6-2-4-18-5-3-13-24-22(18)21/h2-10,13H,11-12,14-16H2,1H3,(H,26,28)/p+1. The van der Waals surface area contributed by atoms with Gasteiger partial charge in [0.1, 0.15) is 17.9 Å². The van der Waals surface area contributed by atoms with Crippen LogP contribution in [0.15, 0.2) is 65.9 Å². The molecule has 3 aromatic rings. The number of carbonyl (C=O) groups is 1. The third-order valence-corrected chi connectivity index (χ3v) is 5.20. The minimum atomic E-state index is -0.186. The van der Waals surface area contributed by atoms with Gasteiger partial charge in [0.15, 0.2) is 0 Å². The SMILES string of the molecule is C[NH+]1CCC(=NNC(=O)c2ccc(COc3cccc4cccnc34)cc2)CC1. The first-order chi connectivity index (χ1) is 14.2. The van der Waals surface area contributed by atoms with Gasteiger partial charge in [0.2, 0.25) is 0 Å². The number of rotatable bonds is 5. The number of para-hydroxylation sites is 1. The first-order valence-corrected chi connectivity index (χ1v) is 9.91. The molecule has 0 spiro atoms. The molecule has 6 heteroatoms. The van der Waals surface area contributed by atoms with Gasteiger partial charge in [-0.2, -0.15) is 5.10 Å². The molecule has 148 valence electrons. The van der Waals surface area contributed by atoms with Crippen LogP contribution in [0.25, 0.3) is 10.9 Å². The molecule has 1 saturated heterocycles. The summed E-state index contributed by atoms with van der Waals surface area (Å²) < 4.78 is 5.95. The van der Waals surface area contributed by atoms with Crippen LogP contribution in [0.4, 0.5) is 0 Å². The van der Waals surface area contributed by atoms with Gasteiger partial charge in [0.25, 0.3) is 5.91 Å². The smallest absolute Gasteiger partial charge is 0.271 e. The van der Waals surface area contributed by atoms with E-state index >= 15 is 0 Å². The van der Waals surface area contributed by atoms with Crippen molar-refractivity contribution in [1.29, 1.82) is 0 Å². The van der Waals surface area contributed by atoms with Crippen molar-refractivity contribution in [1.82, 2.24) is 10.4 Å². The van der Waals surface area contributed by atoms with Gasteiger partial charge in [-0.05, 0) is 29.8 Å². The fourth-order valence-corrected chi connectivity index (χ4v) is 3.38. The number of benzene rings is 2. The van der Waals surface area contributed by atoms with Gasteiger partial charge in [-0.15, -0.1) is 0 Å². The van der Waals surface area contributed by atoms with Crippen LogP contribution in [-0.2, 0) is 6.61 Å². The molecule has 0 unspecified atom stereocenters. The van der Waals surface area contributed by atoms with E-state index in [1.807, 2.05) is 42.5 Å². The highest BCUT2D eigenvalue weighted by Gasteiger charge is 2.15. The summed E-state index contributed by atoms with van der Waals surface area (Å²) in [5, 5.41) is 5.34. The van der Waals surface area contributed by atoms with Crippen LogP contribution in [0.2, 0.25) is 0 Å². The summed E-state index contributed by atoms with van der Waals surface area (Å²) in [5.41, 5.74) is 6.17. The Kier molecular flexibility index (Phi) is 5.81. The van der Waals surface area contributed by atoms with E-state index in [1.165, 1.54) is 4.90 Å². The quantitative estimate of drug-likeness (QED) is 0.658. The summed E-state index contributed by atoms with van der Waals surface area (Å²) in [4.78, 5) is 18.2. The first-order valence-electron chi connectivity index (χ1n) is 9.91. The van der Waals surface area contributed by atoms with Crippen molar-refractivity contribution in [2.75, 3.05) is 20.1 Å². The van der Waals surface area contributed by atoms with E-state index in [4.69, 9.17) is 4.74 Å². The molecule has 1 amide bonds. The summed E-state index contributed by atoms with van der Waals surface area (Å²) in [6.07, 6.45) is 3.63. The molecule has 6 nitrogen and oxygen atoms in total. The lowest BCUT2D eigenvalue weighted by molar-refractivity contribution is -0.880. The molecule has 0 atom stereocenters. The van der Waals surface area contributed by atoms with Crippen LogP contribution < -0.4 is 15.1 Å². The molecular weight excluding hydrogens is 364 g/mol. The van der Waals surface area contributed by atoms with Crippen molar-refractivity contribution in [2.45, 2.75) is 19.4 Å². The Morgan fingerprint density at radius 1 is 1.10 bits per heavy atom. The maximum Gasteiger partial charge on any atom is 0.271 e. The molecule has 0 radical (unpaired) electrons. The number of ether oxygens (including phenoxy) is 1. The van der Waals surface area contributed by atoms with Gasteiger partial charge in [0.05, 0.1) is 20.1 Å². The van der Waals surface area contributed by atoms with Crippen LogP contribution in [-0.4, -0.2) is 36.7 Å². The Bertz CT molecular complexity index is 1020. The average Bonchev–Trinajstić information content (AvgIpc) is 2.77. The Hall–Kier alpha value is -3.25. The monoisotopic (exact) mass is 389 g/mol. The zero-order chi connectivity index (χ0) is 20.1. The van der Waals surface area contributed by atoms with Crippen molar-refractivity contribution in [2.24, 2.45) is 5.10 Å². The van der Waals surface area contributed by atoms with Crippen LogP contribution in [0.3, 0.4) is 0 Å². The highest BCUT2D eigenvalue weighted by Crippen LogP contribution is 2.23. The molecule has 1 aliphatic rings. The lowest BCUT2D eigenvalue weighted by atomic mass is 10.1. The number of nitrogens with zero attached hydrogens (tertiary/aromatic N) is 2. The van der Waals surface area contributed by atoms with E-state index in [0.29, 0.717) is 12.2 Å². The maximum absolute atomic E-state index is 12.3. The molecule has 0 saturated carbocycles. The summed E-state index contributed by atoms with van der Waals surface area (Å²) in [6.45, 7) is 2.54. The first kappa shape index (κ1) is 19.1. The minimum Gasteiger partial charge on any atom is -0.487 e. The lowest BCUT2D eigenvalue weighted by Gasteiger charge is -2.20. The number of pyridine rings is 1. The molecule has 1 aromatic heterocycles. The van der Waals surface area contributed by atoms with Crippen LogP contribution in [0, 0.1) is 0 Å². The van der Waals surface area contributed by atoms with Crippen molar-refractivity contribution in [3.8, 4) is 5.75 Å². The van der Waals surface area contributed by atoms with E-state index in [9.17, 15) is 4.79 Å². The highest BCUT2D eigenvalue weighted by atomic mass is 16.5. The number of aromatic nitrogens is 1. The Morgan fingerprint density at radius 2 is 1.86 bits per heavy atom. The van der Waals surface area contributed by atoms with E-state index in [0.717, 1.165) is 53.9 Å². The van der Waals surface area contributed by atoms with Gasteiger partial charge >= 0.3 is 0 Å². The number of hydrogen-bond acceptors (Lipinski definition) is 4. The number of carbonyl (C=O) groups excluding carboxylic acids is 1. The third kappa shape index (κ3) is 4.78. The zero-order valence-corrected chi connectivity index (χ0v) is 16.5. The van der Waals surface area contributed by atoms with Gasteiger partial charge in [-0.3, -0.25) is 9.78 Å². The second kappa shape index (κ2) is 8.84. The molecule has 1 fully saturated rings. The Labute approximate surface area is 170 Å². The van der Waals surface area contributed by atoms with Crippen LogP contribution in [0.1, 0.15) is 28.8 Å². The topological polar surface area (TPSA) is 68.0 Å². The minimum absolute atomic E-state index is 0.186. The maximum atomic E-state index is 12.3. The predicted octanol–water partition coefficient (Wildman–Crippen LogP) is 2.21. The number of nitrogens with one attached hydrogen (secondary N) is 2. The fraction of sp³-hybridized carbons (Fsp3) is 0.261. The van der Waals surface area contributed by atoms with Crippen molar-refractivity contribution >= 4 is 22.5 Å². The van der Waals surface area contributed by atoms with Gasteiger partial charge in [-0.1, -0.05) is 30.3 Å². The molecule has 2 aromatic carbocycles. The number of likely N-dealkylation sites (tertiary alicyclic amines) is 1. The van der Waals surface area contributed by atoms with Crippen LogP contribution >= 0.6 is 0 Å². The largest absolute Gasteiger partial charge is 0.487 e. The van der Waals surface area contributed by atoms with Crippen molar-refractivity contribution < 1.29 is 14.4 Å². The number of quaternary nitrogens is 1. The molecule has 0 bridgehead atoms. The third-order valence-electron chi connectivity index (χ3n) is 5.20. The highest BCUT2D eigenvalue weighted by molar-refractivity contribution is 5.95. The van der Waals surface area contributed by atoms with E-state index in [-0.39, 0.29) is 5.91 Å². The van der Waals surface area contributed by atoms with E-state index in [1.54, 1.807) is 18.3 Å². The second-order valence-corrected chi connectivity index (χ2v) is 7.39. The number of hydrazone groups is 1. The Morgan fingerprint density at radius 3 is 2.66 bits per heavy atom. The van der Waals surface area contributed by atoms with Gasteiger partial charge in [0, 0.05) is 35.7 Å². The average molecular weight is 389 g/mol. The fourth-order valence-electron chi connectivity index (χ4n) is 3.38. The van der Waals surface area contributed by atoms with Crippen molar-refractivity contribution in [3.05, 3.63) is 71.9 Å². The van der Waals surface area contributed by atoms with E-state index < -0.39 is 0 Å². The second-order valence-electron chi connectivity index (χ2n) is 7.39. The number of piperidine rings is 1. The van der Waals surface area contributed by atoms with Gasteiger partial charge in [-0.25, -0.2) is 5.43 Å². The van der Waals surface area contributed by atoms with Gasteiger partial charge < -0.3 is 9.64 Å². The Balaban J connectivity index is 1.35. The number of hydrogen-bond donors (Lipinski definition) is 2. The summed E-state index contributed by atoms with van der Waals surface area (Å²) in [5.74, 6) is 0.565. The molecule has 2 heterocycles. The molecule has 1 aliphatic heterocycles. The van der Waals surface area contributed by atoms with E-state index in [2.05, 4.69) is 22.6 Å². The summed E-state index contributed by atoms with van der Waals surface area (Å²) in [7, 11) is 2.18. The van der Waals surface area contributed by atoms with Crippen LogP contribution in [0.5, 0.6) is 5.75 Å². The molecule has 29 heavy (non-hydrogen) atoms. The summed E-state index contributed by atoms with van der Waals surface area (Å²) in [6, 6.07) is 17.2. The number of fused-ring (bicyclic) bond motifs is 1. The molecule has 0 aliphatic carbocycles.